The molecule has 1 aromatic heterocycles. The van der Waals surface area contributed by atoms with Crippen LogP contribution in [-0.4, -0.2) is 63.5 Å². The minimum atomic E-state index is 0.297. The van der Waals surface area contributed by atoms with E-state index in [0.717, 1.165) is 45.1 Å². The van der Waals surface area contributed by atoms with Crippen molar-refractivity contribution in [3.63, 3.8) is 0 Å². The lowest BCUT2D eigenvalue weighted by Gasteiger charge is -2.43. The Balaban J connectivity index is 1.61. The van der Waals surface area contributed by atoms with Gasteiger partial charge in [0.25, 0.3) is 0 Å². The standard InChI is InChI=1S/C21H38N4O/c1-4-25-18(3)21(17(2)22-25)16-23-11-12-24(20(15-23)10-13-26)14-19-8-6-5-7-9-19/h19-20,26H,4-16H2,1-3H3/t20-/m1/s1. The maximum Gasteiger partial charge on any atom is 0.0641 e. The quantitative estimate of drug-likeness (QED) is 0.810. The third kappa shape index (κ3) is 4.68. The monoisotopic (exact) mass is 362 g/mol. The zero-order chi connectivity index (χ0) is 18.5. The van der Waals surface area contributed by atoms with Crippen LogP contribution in [0.2, 0.25) is 0 Å². The average Bonchev–Trinajstić information content (AvgIpc) is 2.92. The fraction of sp³-hybridized carbons (Fsp3) is 0.857. The maximum absolute atomic E-state index is 9.58. The molecule has 1 saturated carbocycles. The number of rotatable bonds is 7. The summed E-state index contributed by atoms with van der Waals surface area (Å²) in [6.45, 7) is 13.3. The number of nitrogens with zero attached hydrogens (tertiary/aromatic N) is 4. The number of hydrogen-bond acceptors (Lipinski definition) is 4. The second-order valence-corrected chi connectivity index (χ2v) is 8.37. The highest BCUT2D eigenvalue weighted by atomic mass is 16.3. The SMILES string of the molecule is CCn1nc(C)c(CN2CCN(CC3CCCCC3)[C@H](CCO)C2)c1C. The predicted molar refractivity (Wildman–Crippen MR) is 106 cm³/mol. The third-order valence-corrected chi connectivity index (χ3v) is 6.58. The summed E-state index contributed by atoms with van der Waals surface area (Å²) < 4.78 is 2.12. The Labute approximate surface area is 159 Å². The Morgan fingerprint density at radius 1 is 1.12 bits per heavy atom. The van der Waals surface area contributed by atoms with Crippen LogP contribution in [0.5, 0.6) is 0 Å². The molecule has 1 aromatic rings. The molecule has 0 unspecified atom stereocenters. The first-order valence-electron chi connectivity index (χ1n) is 10.7. The van der Waals surface area contributed by atoms with Gasteiger partial charge in [0.1, 0.15) is 0 Å². The smallest absolute Gasteiger partial charge is 0.0641 e. The van der Waals surface area contributed by atoms with Crippen molar-refractivity contribution in [2.45, 2.75) is 78.4 Å². The molecule has 1 saturated heterocycles. The largest absolute Gasteiger partial charge is 0.396 e. The van der Waals surface area contributed by atoms with E-state index in [-0.39, 0.29) is 0 Å². The minimum Gasteiger partial charge on any atom is -0.396 e. The van der Waals surface area contributed by atoms with Gasteiger partial charge in [-0.1, -0.05) is 19.3 Å². The number of aliphatic hydroxyl groups excluding tert-OH is 1. The van der Waals surface area contributed by atoms with Crippen LogP contribution < -0.4 is 0 Å². The van der Waals surface area contributed by atoms with Crippen LogP contribution >= 0.6 is 0 Å². The zero-order valence-electron chi connectivity index (χ0n) is 17.1. The van der Waals surface area contributed by atoms with E-state index in [1.165, 1.54) is 55.6 Å². The highest BCUT2D eigenvalue weighted by molar-refractivity contribution is 5.24. The van der Waals surface area contributed by atoms with E-state index in [0.29, 0.717) is 12.6 Å². The van der Waals surface area contributed by atoms with Crippen LogP contribution in [0.1, 0.15) is 62.4 Å². The molecule has 0 amide bonds. The van der Waals surface area contributed by atoms with Crippen LogP contribution in [0.25, 0.3) is 0 Å². The second-order valence-electron chi connectivity index (χ2n) is 8.37. The van der Waals surface area contributed by atoms with Gasteiger partial charge in [0.2, 0.25) is 0 Å². The van der Waals surface area contributed by atoms with E-state index in [9.17, 15) is 5.11 Å². The van der Waals surface area contributed by atoms with E-state index in [4.69, 9.17) is 0 Å². The molecule has 26 heavy (non-hydrogen) atoms. The maximum atomic E-state index is 9.58. The van der Waals surface area contributed by atoms with Crippen molar-refractivity contribution in [3.8, 4) is 0 Å². The predicted octanol–water partition coefficient (Wildman–Crippen LogP) is 2.97. The summed E-state index contributed by atoms with van der Waals surface area (Å²) in [5, 5.41) is 14.3. The van der Waals surface area contributed by atoms with Crippen LogP contribution in [0.4, 0.5) is 0 Å². The lowest BCUT2D eigenvalue weighted by molar-refractivity contribution is 0.0399. The molecule has 1 atom stereocenters. The molecule has 0 bridgehead atoms. The van der Waals surface area contributed by atoms with Crippen LogP contribution in [-0.2, 0) is 13.1 Å². The van der Waals surface area contributed by atoms with Gasteiger partial charge in [-0.2, -0.15) is 5.10 Å². The van der Waals surface area contributed by atoms with Gasteiger partial charge in [-0.25, -0.2) is 0 Å². The molecule has 0 aromatic carbocycles. The Morgan fingerprint density at radius 2 is 1.88 bits per heavy atom. The summed E-state index contributed by atoms with van der Waals surface area (Å²) in [5.74, 6) is 0.878. The van der Waals surface area contributed by atoms with E-state index in [1.54, 1.807) is 0 Å². The minimum absolute atomic E-state index is 0.297. The number of aliphatic hydroxyl groups is 1. The number of hydrogen-bond donors (Lipinski definition) is 1. The summed E-state index contributed by atoms with van der Waals surface area (Å²) in [7, 11) is 0. The van der Waals surface area contributed by atoms with E-state index < -0.39 is 0 Å². The van der Waals surface area contributed by atoms with E-state index in [2.05, 4.69) is 40.4 Å². The Kier molecular flexibility index (Phi) is 7.12. The molecule has 0 radical (unpaired) electrons. The summed E-state index contributed by atoms with van der Waals surface area (Å²) in [4.78, 5) is 5.26. The number of aromatic nitrogens is 2. The molecule has 2 heterocycles. The molecule has 5 heteroatoms. The average molecular weight is 363 g/mol. The molecule has 1 aliphatic carbocycles. The highest BCUT2D eigenvalue weighted by Crippen LogP contribution is 2.27. The number of piperazine rings is 1. The summed E-state index contributed by atoms with van der Waals surface area (Å²) in [5.41, 5.74) is 3.89. The van der Waals surface area contributed by atoms with Crippen molar-refractivity contribution in [2.24, 2.45) is 5.92 Å². The van der Waals surface area contributed by atoms with Crippen molar-refractivity contribution >= 4 is 0 Å². The molecule has 1 aliphatic heterocycles. The number of aryl methyl sites for hydroxylation is 2. The normalized spacial score (nSPS) is 23.6. The fourth-order valence-corrected chi connectivity index (χ4v) is 4.96. The van der Waals surface area contributed by atoms with Crippen molar-refractivity contribution in [1.82, 2.24) is 19.6 Å². The first-order chi connectivity index (χ1) is 12.6. The van der Waals surface area contributed by atoms with E-state index >= 15 is 0 Å². The van der Waals surface area contributed by atoms with Crippen molar-refractivity contribution in [2.75, 3.05) is 32.8 Å². The van der Waals surface area contributed by atoms with Gasteiger partial charge in [0.05, 0.1) is 5.69 Å². The fourth-order valence-electron chi connectivity index (χ4n) is 4.96. The molecule has 5 nitrogen and oxygen atoms in total. The Morgan fingerprint density at radius 3 is 2.54 bits per heavy atom. The van der Waals surface area contributed by atoms with Crippen molar-refractivity contribution in [1.29, 1.82) is 0 Å². The van der Waals surface area contributed by atoms with Gasteiger partial charge in [-0.15, -0.1) is 0 Å². The summed E-state index contributed by atoms with van der Waals surface area (Å²) >= 11 is 0. The van der Waals surface area contributed by atoms with Crippen molar-refractivity contribution in [3.05, 3.63) is 17.0 Å². The highest BCUT2D eigenvalue weighted by Gasteiger charge is 2.29. The third-order valence-electron chi connectivity index (χ3n) is 6.58. The van der Waals surface area contributed by atoms with Gasteiger partial charge >= 0.3 is 0 Å². The molecular weight excluding hydrogens is 324 g/mol. The Hall–Kier alpha value is -0.910. The van der Waals surface area contributed by atoms with Gasteiger partial charge in [-0.05, 0) is 46.0 Å². The molecule has 0 spiro atoms. The summed E-state index contributed by atoms with van der Waals surface area (Å²) in [6.07, 6.45) is 7.95. The molecular formula is C21H38N4O. The molecule has 1 N–H and O–H groups in total. The van der Waals surface area contributed by atoms with E-state index in [1.807, 2.05) is 0 Å². The first-order valence-corrected chi connectivity index (χ1v) is 10.7. The molecule has 2 fully saturated rings. The lowest BCUT2D eigenvalue weighted by atomic mass is 9.88. The van der Waals surface area contributed by atoms with Gasteiger partial charge in [0.15, 0.2) is 0 Å². The van der Waals surface area contributed by atoms with Gasteiger partial charge in [0, 0.05) is 63.2 Å². The zero-order valence-corrected chi connectivity index (χ0v) is 17.1. The molecule has 3 rings (SSSR count). The molecule has 148 valence electrons. The molecule has 2 aliphatic rings. The Bertz CT molecular complexity index is 565. The summed E-state index contributed by atoms with van der Waals surface area (Å²) in [6, 6.07) is 0.498. The van der Waals surface area contributed by atoms with Crippen LogP contribution in [0.15, 0.2) is 0 Å². The van der Waals surface area contributed by atoms with Gasteiger partial charge in [-0.3, -0.25) is 14.5 Å². The first kappa shape index (κ1) is 19.8. The van der Waals surface area contributed by atoms with Gasteiger partial charge < -0.3 is 5.11 Å². The second kappa shape index (κ2) is 9.34. The van der Waals surface area contributed by atoms with Crippen molar-refractivity contribution < 1.29 is 5.11 Å². The van der Waals surface area contributed by atoms with Crippen LogP contribution in [0, 0.1) is 19.8 Å². The van der Waals surface area contributed by atoms with Crippen LogP contribution in [0.3, 0.4) is 0 Å². The topological polar surface area (TPSA) is 44.5 Å². The lowest BCUT2D eigenvalue weighted by Crippen LogP contribution is -2.54.